The number of nitrogens with zero attached hydrogens (tertiary/aromatic N) is 1. The van der Waals surface area contributed by atoms with E-state index in [-0.39, 0.29) is 0 Å². The molecule has 2 nitrogen and oxygen atoms in total. The molecule has 0 amide bonds. The largest absolute Gasteiger partial charge is 0.370 e. The van der Waals surface area contributed by atoms with Crippen molar-refractivity contribution in [1.82, 2.24) is 5.32 Å². The van der Waals surface area contributed by atoms with Gasteiger partial charge in [-0.05, 0) is 31.0 Å². The third kappa shape index (κ3) is 3.02. The van der Waals surface area contributed by atoms with Crippen LogP contribution in [0, 0.1) is 6.92 Å². The zero-order valence-corrected chi connectivity index (χ0v) is 12.4. The maximum absolute atomic E-state index is 3.62. The fourth-order valence-corrected chi connectivity index (χ4v) is 2.88. The van der Waals surface area contributed by atoms with Crippen LogP contribution in [0.2, 0.25) is 0 Å². The van der Waals surface area contributed by atoms with Gasteiger partial charge in [-0.15, -0.1) is 0 Å². The molecule has 1 aliphatic rings. The monoisotopic (exact) mass is 296 g/mol. The van der Waals surface area contributed by atoms with Crippen molar-refractivity contribution in [1.29, 1.82) is 0 Å². The van der Waals surface area contributed by atoms with Crippen molar-refractivity contribution in [2.45, 2.75) is 39.3 Å². The van der Waals surface area contributed by atoms with E-state index in [0.29, 0.717) is 12.1 Å². The third-order valence-electron chi connectivity index (χ3n) is 3.34. The highest BCUT2D eigenvalue weighted by molar-refractivity contribution is 9.10. The minimum absolute atomic E-state index is 0.573. The van der Waals surface area contributed by atoms with Crippen LogP contribution in [0.4, 0.5) is 5.69 Å². The van der Waals surface area contributed by atoms with Crippen molar-refractivity contribution in [2.75, 3.05) is 18.0 Å². The number of rotatable bonds is 3. The van der Waals surface area contributed by atoms with Gasteiger partial charge in [-0.3, -0.25) is 0 Å². The standard InChI is InChI=1S/C14H21BrN2/c1-10(2)16-12-7-8-17(9-12)14-6-4-5-13(15)11(14)3/h4-6,10,12,16H,7-9H2,1-3H3. The summed E-state index contributed by atoms with van der Waals surface area (Å²) in [5.41, 5.74) is 2.71. The molecule has 17 heavy (non-hydrogen) atoms. The summed E-state index contributed by atoms with van der Waals surface area (Å²) in [5, 5.41) is 3.62. The van der Waals surface area contributed by atoms with E-state index in [1.807, 2.05) is 0 Å². The normalized spacial score (nSPS) is 20.3. The van der Waals surface area contributed by atoms with E-state index in [2.05, 4.69) is 65.1 Å². The van der Waals surface area contributed by atoms with E-state index < -0.39 is 0 Å². The molecule has 1 N–H and O–H groups in total. The molecule has 0 radical (unpaired) electrons. The van der Waals surface area contributed by atoms with Crippen LogP contribution >= 0.6 is 15.9 Å². The zero-order valence-electron chi connectivity index (χ0n) is 10.8. The van der Waals surface area contributed by atoms with Gasteiger partial charge in [0.1, 0.15) is 0 Å². The van der Waals surface area contributed by atoms with Crippen LogP contribution < -0.4 is 10.2 Å². The van der Waals surface area contributed by atoms with Gasteiger partial charge in [-0.25, -0.2) is 0 Å². The summed E-state index contributed by atoms with van der Waals surface area (Å²) in [5.74, 6) is 0. The molecule has 3 heteroatoms. The summed E-state index contributed by atoms with van der Waals surface area (Å²) in [6, 6.07) is 7.66. The van der Waals surface area contributed by atoms with Gasteiger partial charge >= 0.3 is 0 Å². The molecule has 0 saturated carbocycles. The Morgan fingerprint density at radius 2 is 2.18 bits per heavy atom. The van der Waals surface area contributed by atoms with Crippen molar-refractivity contribution >= 4 is 21.6 Å². The van der Waals surface area contributed by atoms with Crippen molar-refractivity contribution in [3.8, 4) is 0 Å². The van der Waals surface area contributed by atoms with E-state index in [9.17, 15) is 0 Å². The van der Waals surface area contributed by atoms with Crippen molar-refractivity contribution in [2.24, 2.45) is 0 Å². The highest BCUT2D eigenvalue weighted by Gasteiger charge is 2.23. The molecule has 0 aromatic heterocycles. The van der Waals surface area contributed by atoms with Gasteiger partial charge in [0.2, 0.25) is 0 Å². The first-order valence-electron chi connectivity index (χ1n) is 6.34. The highest BCUT2D eigenvalue weighted by atomic mass is 79.9. The third-order valence-corrected chi connectivity index (χ3v) is 4.20. The molecule has 1 atom stereocenters. The molecule has 1 fully saturated rings. The number of benzene rings is 1. The number of halogens is 1. The number of hydrogen-bond donors (Lipinski definition) is 1. The summed E-state index contributed by atoms with van der Waals surface area (Å²) in [6.45, 7) is 8.89. The minimum atomic E-state index is 0.573. The van der Waals surface area contributed by atoms with Gasteiger partial charge in [0.05, 0.1) is 0 Å². The molecule has 1 aromatic carbocycles. The Bertz CT molecular complexity index is 390. The Balaban J connectivity index is 2.07. The lowest BCUT2D eigenvalue weighted by atomic mass is 10.2. The maximum Gasteiger partial charge on any atom is 0.0407 e. The fraction of sp³-hybridized carbons (Fsp3) is 0.571. The molecule has 1 aromatic rings. The first-order valence-corrected chi connectivity index (χ1v) is 7.13. The Labute approximate surface area is 113 Å². The van der Waals surface area contributed by atoms with Gasteiger partial charge in [-0.1, -0.05) is 35.8 Å². The van der Waals surface area contributed by atoms with E-state index in [4.69, 9.17) is 0 Å². The predicted octanol–water partition coefficient (Wildman–Crippen LogP) is 3.33. The van der Waals surface area contributed by atoms with E-state index in [1.165, 1.54) is 22.1 Å². The van der Waals surface area contributed by atoms with Crippen LogP contribution in [0.5, 0.6) is 0 Å². The smallest absolute Gasteiger partial charge is 0.0407 e. The van der Waals surface area contributed by atoms with Crippen LogP contribution in [-0.4, -0.2) is 25.2 Å². The summed E-state index contributed by atoms with van der Waals surface area (Å²) in [4.78, 5) is 2.49. The molecule has 1 unspecified atom stereocenters. The van der Waals surface area contributed by atoms with Crippen molar-refractivity contribution in [3.05, 3.63) is 28.2 Å². The summed E-state index contributed by atoms with van der Waals surface area (Å²) in [7, 11) is 0. The van der Waals surface area contributed by atoms with Crippen LogP contribution in [0.3, 0.4) is 0 Å². The highest BCUT2D eigenvalue weighted by Crippen LogP contribution is 2.29. The van der Waals surface area contributed by atoms with Gasteiger partial charge in [0.25, 0.3) is 0 Å². The topological polar surface area (TPSA) is 15.3 Å². The molecule has 0 aliphatic carbocycles. The molecular weight excluding hydrogens is 276 g/mol. The number of nitrogens with one attached hydrogen (secondary N) is 1. The molecule has 1 aliphatic heterocycles. The van der Waals surface area contributed by atoms with E-state index >= 15 is 0 Å². The zero-order chi connectivity index (χ0) is 12.4. The second-order valence-electron chi connectivity index (χ2n) is 5.14. The number of hydrogen-bond acceptors (Lipinski definition) is 2. The maximum atomic E-state index is 3.62. The number of anilines is 1. The lowest BCUT2D eigenvalue weighted by molar-refractivity contribution is 0.492. The first-order chi connectivity index (χ1) is 8.08. The SMILES string of the molecule is Cc1c(Br)cccc1N1CCC(NC(C)C)C1. The predicted molar refractivity (Wildman–Crippen MR) is 77.8 cm³/mol. The molecule has 0 spiro atoms. The van der Waals surface area contributed by atoms with E-state index in [1.54, 1.807) is 0 Å². The minimum Gasteiger partial charge on any atom is -0.370 e. The van der Waals surface area contributed by atoms with Crippen LogP contribution in [0.1, 0.15) is 25.8 Å². The first kappa shape index (κ1) is 12.9. The van der Waals surface area contributed by atoms with Crippen molar-refractivity contribution < 1.29 is 0 Å². The fourth-order valence-electron chi connectivity index (χ4n) is 2.53. The quantitative estimate of drug-likeness (QED) is 0.920. The average molecular weight is 297 g/mol. The van der Waals surface area contributed by atoms with Gasteiger partial charge < -0.3 is 10.2 Å². The molecule has 1 saturated heterocycles. The Morgan fingerprint density at radius 1 is 1.41 bits per heavy atom. The summed E-state index contributed by atoms with van der Waals surface area (Å²) < 4.78 is 1.20. The molecular formula is C14H21BrN2. The van der Waals surface area contributed by atoms with Crippen LogP contribution in [0.25, 0.3) is 0 Å². The Morgan fingerprint density at radius 3 is 2.88 bits per heavy atom. The van der Waals surface area contributed by atoms with Crippen LogP contribution in [-0.2, 0) is 0 Å². The Hall–Kier alpha value is -0.540. The lowest BCUT2D eigenvalue weighted by Crippen LogP contribution is -2.37. The summed E-state index contributed by atoms with van der Waals surface area (Å²) in [6.07, 6.45) is 1.24. The molecule has 1 heterocycles. The second kappa shape index (κ2) is 5.40. The average Bonchev–Trinajstić information content (AvgIpc) is 2.69. The van der Waals surface area contributed by atoms with Gasteiger partial charge in [0.15, 0.2) is 0 Å². The van der Waals surface area contributed by atoms with Crippen LogP contribution in [0.15, 0.2) is 22.7 Å². The molecule has 2 rings (SSSR count). The van der Waals surface area contributed by atoms with Gasteiger partial charge in [-0.2, -0.15) is 0 Å². The Kier molecular flexibility index (Phi) is 4.10. The van der Waals surface area contributed by atoms with E-state index in [0.717, 1.165) is 13.1 Å². The second-order valence-corrected chi connectivity index (χ2v) is 5.99. The molecule has 0 bridgehead atoms. The lowest BCUT2D eigenvalue weighted by Gasteiger charge is -2.22. The molecule has 94 valence electrons. The van der Waals surface area contributed by atoms with Crippen molar-refractivity contribution in [3.63, 3.8) is 0 Å². The van der Waals surface area contributed by atoms with Gasteiger partial charge in [0, 0.05) is 35.3 Å². The summed E-state index contributed by atoms with van der Waals surface area (Å²) >= 11 is 3.61.